The molecule has 0 amide bonds. The largest absolute Gasteiger partial charge is 0.491 e. The van der Waals surface area contributed by atoms with Gasteiger partial charge >= 0.3 is 0 Å². The Kier molecular flexibility index (Phi) is 3.40. The summed E-state index contributed by atoms with van der Waals surface area (Å²) in [6.07, 6.45) is 0.190. The highest BCUT2D eigenvalue weighted by molar-refractivity contribution is 5.33. The van der Waals surface area contributed by atoms with E-state index >= 15 is 0 Å². The number of para-hydroxylation sites is 1. The standard InChI is InChI=1S/C14H21NO2/c1-11(2)17-13-7-5-4-6-12(13)8-15-9-14(3,16)10-15/h4-7,11,16H,8-10H2,1-3H3. The summed E-state index contributed by atoms with van der Waals surface area (Å²) in [7, 11) is 0. The second-order valence-electron chi connectivity index (χ2n) is 5.42. The summed E-state index contributed by atoms with van der Waals surface area (Å²) in [4.78, 5) is 2.22. The lowest BCUT2D eigenvalue weighted by Gasteiger charge is -2.44. The lowest BCUT2D eigenvalue weighted by Crippen LogP contribution is -2.59. The molecule has 0 radical (unpaired) electrons. The van der Waals surface area contributed by atoms with Gasteiger partial charge in [0.25, 0.3) is 0 Å². The monoisotopic (exact) mass is 235 g/mol. The predicted octanol–water partition coefficient (Wildman–Crippen LogP) is 2.04. The van der Waals surface area contributed by atoms with Crippen LogP contribution in [-0.4, -0.2) is 34.8 Å². The van der Waals surface area contributed by atoms with Crippen molar-refractivity contribution in [2.75, 3.05) is 13.1 Å². The molecule has 0 unspecified atom stereocenters. The molecule has 1 aromatic rings. The zero-order valence-electron chi connectivity index (χ0n) is 10.8. The van der Waals surface area contributed by atoms with E-state index in [4.69, 9.17) is 4.74 Å². The number of nitrogens with zero attached hydrogens (tertiary/aromatic N) is 1. The molecule has 3 nitrogen and oxygen atoms in total. The number of β-amino-alcohol motifs (C(OH)–C–C–N with tert-alkyl or cyclic N) is 1. The number of hydrogen-bond donors (Lipinski definition) is 1. The minimum atomic E-state index is -0.506. The summed E-state index contributed by atoms with van der Waals surface area (Å²) >= 11 is 0. The fraction of sp³-hybridized carbons (Fsp3) is 0.571. The Bertz CT molecular complexity index is 380. The van der Waals surface area contributed by atoms with E-state index in [0.29, 0.717) is 0 Å². The third kappa shape index (κ3) is 3.20. The van der Waals surface area contributed by atoms with Crippen molar-refractivity contribution in [2.45, 2.75) is 39.0 Å². The van der Waals surface area contributed by atoms with Gasteiger partial charge in [0.1, 0.15) is 5.75 Å². The Morgan fingerprint density at radius 1 is 1.35 bits per heavy atom. The molecule has 0 spiro atoms. The van der Waals surface area contributed by atoms with Crippen LogP contribution in [0.2, 0.25) is 0 Å². The molecule has 3 heteroatoms. The topological polar surface area (TPSA) is 32.7 Å². The summed E-state index contributed by atoms with van der Waals surface area (Å²) in [6, 6.07) is 8.12. The molecule has 1 aliphatic rings. The highest BCUT2D eigenvalue weighted by Crippen LogP contribution is 2.26. The van der Waals surface area contributed by atoms with Crippen molar-refractivity contribution in [1.29, 1.82) is 0 Å². The zero-order chi connectivity index (χ0) is 12.5. The maximum atomic E-state index is 9.70. The van der Waals surface area contributed by atoms with Crippen LogP contribution in [0.5, 0.6) is 5.75 Å². The first kappa shape index (κ1) is 12.4. The maximum Gasteiger partial charge on any atom is 0.124 e. The lowest BCUT2D eigenvalue weighted by molar-refractivity contribution is -0.0874. The van der Waals surface area contributed by atoms with Crippen molar-refractivity contribution < 1.29 is 9.84 Å². The molecule has 0 aliphatic carbocycles. The Hall–Kier alpha value is -1.06. The van der Waals surface area contributed by atoms with Crippen molar-refractivity contribution in [3.63, 3.8) is 0 Å². The molecule has 1 aliphatic heterocycles. The van der Waals surface area contributed by atoms with E-state index in [1.54, 1.807) is 0 Å². The highest BCUT2D eigenvalue weighted by atomic mass is 16.5. The summed E-state index contributed by atoms with van der Waals surface area (Å²) in [6.45, 7) is 8.27. The fourth-order valence-corrected chi connectivity index (χ4v) is 2.27. The molecule has 0 atom stereocenters. The van der Waals surface area contributed by atoms with Crippen molar-refractivity contribution in [2.24, 2.45) is 0 Å². The van der Waals surface area contributed by atoms with Gasteiger partial charge in [0.15, 0.2) is 0 Å². The SMILES string of the molecule is CC(C)Oc1ccccc1CN1CC(C)(O)C1. The molecule has 0 saturated carbocycles. The number of ether oxygens (including phenoxy) is 1. The quantitative estimate of drug-likeness (QED) is 0.867. The number of rotatable bonds is 4. The molecular weight excluding hydrogens is 214 g/mol. The molecule has 1 N–H and O–H groups in total. The number of likely N-dealkylation sites (tertiary alicyclic amines) is 1. The molecule has 2 rings (SSSR count). The Labute approximate surface area is 103 Å². The zero-order valence-corrected chi connectivity index (χ0v) is 10.8. The van der Waals surface area contributed by atoms with E-state index in [2.05, 4.69) is 11.0 Å². The van der Waals surface area contributed by atoms with Gasteiger partial charge in [-0.3, -0.25) is 4.90 Å². The lowest BCUT2D eigenvalue weighted by atomic mass is 9.96. The highest BCUT2D eigenvalue weighted by Gasteiger charge is 2.36. The smallest absolute Gasteiger partial charge is 0.124 e. The Balaban J connectivity index is 2.01. The van der Waals surface area contributed by atoms with Gasteiger partial charge in [0.05, 0.1) is 11.7 Å². The van der Waals surface area contributed by atoms with Crippen LogP contribution in [0.15, 0.2) is 24.3 Å². The van der Waals surface area contributed by atoms with Gasteiger partial charge < -0.3 is 9.84 Å². The van der Waals surface area contributed by atoms with Gasteiger partial charge in [-0.1, -0.05) is 18.2 Å². The molecular formula is C14H21NO2. The number of hydrogen-bond acceptors (Lipinski definition) is 3. The van der Waals surface area contributed by atoms with Crippen molar-refractivity contribution >= 4 is 0 Å². The fourth-order valence-electron chi connectivity index (χ4n) is 2.27. The molecule has 0 aromatic heterocycles. The van der Waals surface area contributed by atoms with E-state index in [1.165, 1.54) is 5.56 Å². The summed E-state index contributed by atoms with van der Waals surface area (Å²) < 4.78 is 5.78. The van der Waals surface area contributed by atoms with Gasteiger partial charge in [-0.25, -0.2) is 0 Å². The Morgan fingerprint density at radius 3 is 2.59 bits per heavy atom. The van der Waals surface area contributed by atoms with Gasteiger partial charge in [-0.15, -0.1) is 0 Å². The van der Waals surface area contributed by atoms with Crippen LogP contribution < -0.4 is 4.74 Å². The van der Waals surface area contributed by atoms with Crippen LogP contribution in [0, 0.1) is 0 Å². The minimum Gasteiger partial charge on any atom is -0.491 e. The molecule has 1 aromatic carbocycles. The third-order valence-electron chi connectivity index (χ3n) is 2.86. The van der Waals surface area contributed by atoms with Crippen LogP contribution in [0.25, 0.3) is 0 Å². The van der Waals surface area contributed by atoms with Crippen LogP contribution in [0.3, 0.4) is 0 Å². The summed E-state index contributed by atoms with van der Waals surface area (Å²) in [5.74, 6) is 0.953. The van der Waals surface area contributed by atoms with Crippen molar-refractivity contribution in [3.8, 4) is 5.75 Å². The second-order valence-corrected chi connectivity index (χ2v) is 5.42. The predicted molar refractivity (Wildman–Crippen MR) is 68.1 cm³/mol. The molecule has 1 heterocycles. The van der Waals surface area contributed by atoms with E-state index in [1.807, 2.05) is 39.0 Å². The van der Waals surface area contributed by atoms with Gasteiger partial charge in [-0.2, -0.15) is 0 Å². The minimum absolute atomic E-state index is 0.190. The molecule has 1 saturated heterocycles. The molecule has 0 bridgehead atoms. The van der Waals surface area contributed by atoms with E-state index in [0.717, 1.165) is 25.4 Å². The normalized spacial score (nSPS) is 19.1. The van der Waals surface area contributed by atoms with E-state index in [9.17, 15) is 5.11 Å². The first-order valence-corrected chi connectivity index (χ1v) is 6.15. The van der Waals surface area contributed by atoms with Crippen LogP contribution in [0.1, 0.15) is 26.3 Å². The number of aliphatic hydroxyl groups is 1. The van der Waals surface area contributed by atoms with Gasteiger partial charge in [0.2, 0.25) is 0 Å². The summed E-state index contributed by atoms with van der Waals surface area (Å²) in [5.41, 5.74) is 0.685. The average Bonchev–Trinajstić information content (AvgIpc) is 2.17. The maximum absolute atomic E-state index is 9.70. The van der Waals surface area contributed by atoms with Crippen molar-refractivity contribution in [3.05, 3.63) is 29.8 Å². The average molecular weight is 235 g/mol. The third-order valence-corrected chi connectivity index (χ3v) is 2.86. The van der Waals surface area contributed by atoms with Crippen LogP contribution in [0.4, 0.5) is 0 Å². The first-order chi connectivity index (χ1) is 7.96. The first-order valence-electron chi connectivity index (χ1n) is 6.15. The van der Waals surface area contributed by atoms with E-state index in [-0.39, 0.29) is 6.10 Å². The molecule has 94 valence electrons. The Morgan fingerprint density at radius 2 is 2.00 bits per heavy atom. The van der Waals surface area contributed by atoms with Crippen LogP contribution in [-0.2, 0) is 6.54 Å². The molecule has 17 heavy (non-hydrogen) atoms. The van der Waals surface area contributed by atoms with E-state index < -0.39 is 5.60 Å². The number of benzene rings is 1. The van der Waals surface area contributed by atoms with Crippen LogP contribution >= 0.6 is 0 Å². The second kappa shape index (κ2) is 4.67. The van der Waals surface area contributed by atoms with Gasteiger partial charge in [-0.05, 0) is 26.8 Å². The van der Waals surface area contributed by atoms with Crippen molar-refractivity contribution in [1.82, 2.24) is 4.90 Å². The molecule has 1 fully saturated rings. The summed E-state index contributed by atoms with van der Waals surface area (Å²) in [5, 5.41) is 9.70. The van der Waals surface area contributed by atoms with Gasteiger partial charge in [0, 0.05) is 25.2 Å².